The molecule has 0 amide bonds. The molecule has 0 bridgehead atoms. The maximum absolute atomic E-state index is 11.4. The van der Waals surface area contributed by atoms with Crippen LogP contribution in [0.5, 0.6) is 0 Å². The third-order valence-electron chi connectivity index (χ3n) is 6.13. The SMILES string of the molecule is CC(=O)c1ccc(N2CCC(C3CCN(Cc4cccnc4)CC3)C2)nc1. The molecule has 2 aliphatic heterocycles. The van der Waals surface area contributed by atoms with Gasteiger partial charge in [0.2, 0.25) is 0 Å². The van der Waals surface area contributed by atoms with Gasteiger partial charge in [0, 0.05) is 43.8 Å². The van der Waals surface area contributed by atoms with Crippen LogP contribution in [-0.4, -0.2) is 46.8 Å². The van der Waals surface area contributed by atoms with Gasteiger partial charge in [0.15, 0.2) is 5.78 Å². The topological polar surface area (TPSA) is 49.3 Å². The van der Waals surface area contributed by atoms with Gasteiger partial charge in [-0.3, -0.25) is 14.7 Å². The smallest absolute Gasteiger partial charge is 0.161 e. The number of rotatable bonds is 5. The predicted octanol–water partition coefficient (Wildman–Crippen LogP) is 3.42. The van der Waals surface area contributed by atoms with Crippen molar-refractivity contribution in [2.75, 3.05) is 31.1 Å². The third kappa shape index (κ3) is 4.35. The Hall–Kier alpha value is -2.27. The van der Waals surface area contributed by atoms with Crippen LogP contribution in [0, 0.1) is 11.8 Å². The molecule has 0 N–H and O–H groups in total. The molecule has 27 heavy (non-hydrogen) atoms. The fourth-order valence-corrected chi connectivity index (χ4v) is 4.49. The van der Waals surface area contributed by atoms with Gasteiger partial charge in [-0.1, -0.05) is 6.07 Å². The van der Waals surface area contributed by atoms with Gasteiger partial charge in [0.1, 0.15) is 5.82 Å². The maximum atomic E-state index is 11.4. The van der Waals surface area contributed by atoms with E-state index in [2.05, 4.69) is 25.8 Å². The second-order valence-electron chi connectivity index (χ2n) is 7.93. The van der Waals surface area contributed by atoms with Crippen LogP contribution in [0.15, 0.2) is 42.9 Å². The van der Waals surface area contributed by atoms with E-state index in [4.69, 9.17) is 0 Å². The van der Waals surface area contributed by atoms with E-state index in [1.807, 2.05) is 30.6 Å². The van der Waals surface area contributed by atoms with Gasteiger partial charge in [0.05, 0.1) is 0 Å². The Morgan fingerprint density at radius 2 is 1.89 bits per heavy atom. The molecular weight excluding hydrogens is 336 g/mol. The van der Waals surface area contributed by atoms with Crippen LogP contribution in [0.25, 0.3) is 0 Å². The minimum Gasteiger partial charge on any atom is -0.356 e. The average Bonchev–Trinajstić information content (AvgIpc) is 3.20. The van der Waals surface area contributed by atoms with Gasteiger partial charge in [-0.25, -0.2) is 4.98 Å². The highest BCUT2D eigenvalue weighted by Gasteiger charge is 2.32. The van der Waals surface area contributed by atoms with Crippen molar-refractivity contribution in [3.8, 4) is 0 Å². The number of piperidine rings is 1. The van der Waals surface area contributed by atoms with Crippen LogP contribution in [0.4, 0.5) is 5.82 Å². The van der Waals surface area contributed by atoms with E-state index < -0.39 is 0 Å². The zero-order chi connectivity index (χ0) is 18.6. The van der Waals surface area contributed by atoms with E-state index in [1.165, 1.54) is 37.9 Å². The molecule has 1 atom stereocenters. The number of likely N-dealkylation sites (tertiary alicyclic amines) is 1. The molecule has 5 heteroatoms. The van der Waals surface area contributed by atoms with Crippen molar-refractivity contribution in [2.24, 2.45) is 11.8 Å². The summed E-state index contributed by atoms with van der Waals surface area (Å²) in [5.74, 6) is 2.67. The quantitative estimate of drug-likeness (QED) is 0.761. The van der Waals surface area contributed by atoms with E-state index in [-0.39, 0.29) is 5.78 Å². The van der Waals surface area contributed by atoms with E-state index in [0.717, 1.165) is 37.3 Å². The van der Waals surface area contributed by atoms with Gasteiger partial charge in [-0.05, 0) is 74.9 Å². The largest absolute Gasteiger partial charge is 0.356 e. The Morgan fingerprint density at radius 3 is 2.56 bits per heavy atom. The summed E-state index contributed by atoms with van der Waals surface area (Å²) in [6.45, 7) is 7.14. The Morgan fingerprint density at radius 1 is 1.07 bits per heavy atom. The molecular formula is C22H28N4O. The average molecular weight is 364 g/mol. The number of hydrogen-bond acceptors (Lipinski definition) is 5. The molecule has 0 radical (unpaired) electrons. The first-order valence-corrected chi connectivity index (χ1v) is 10.0. The predicted molar refractivity (Wildman–Crippen MR) is 107 cm³/mol. The number of Topliss-reactive ketones (excluding diaryl/α,β-unsaturated/α-hetero) is 1. The highest BCUT2D eigenvalue weighted by molar-refractivity contribution is 5.93. The molecule has 5 nitrogen and oxygen atoms in total. The van der Waals surface area contributed by atoms with E-state index in [0.29, 0.717) is 5.56 Å². The highest BCUT2D eigenvalue weighted by atomic mass is 16.1. The number of anilines is 1. The minimum atomic E-state index is 0.0754. The van der Waals surface area contributed by atoms with Crippen LogP contribution in [-0.2, 0) is 6.54 Å². The summed E-state index contributed by atoms with van der Waals surface area (Å²) < 4.78 is 0. The first-order chi connectivity index (χ1) is 13.2. The number of carbonyl (C=O) groups is 1. The zero-order valence-electron chi connectivity index (χ0n) is 16.1. The molecule has 0 aliphatic carbocycles. The van der Waals surface area contributed by atoms with Gasteiger partial charge in [0.25, 0.3) is 0 Å². The van der Waals surface area contributed by atoms with E-state index >= 15 is 0 Å². The molecule has 1 unspecified atom stereocenters. The summed E-state index contributed by atoms with van der Waals surface area (Å²) in [5, 5.41) is 0. The second kappa shape index (κ2) is 8.17. The number of nitrogens with zero attached hydrogens (tertiary/aromatic N) is 4. The van der Waals surface area contributed by atoms with Crippen molar-refractivity contribution in [2.45, 2.75) is 32.7 Å². The fraction of sp³-hybridized carbons (Fsp3) is 0.500. The first kappa shape index (κ1) is 18.1. The van der Waals surface area contributed by atoms with Crippen LogP contribution < -0.4 is 4.90 Å². The van der Waals surface area contributed by atoms with Gasteiger partial charge < -0.3 is 4.90 Å². The monoisotopic (exact) mass is 364 g/mol. The van der Waals surface area contributed by atoms with Crippen molar-refractivity contribution >= 4 is 11.6 Å². The van der Waals surface area contributed by atoms with E-state index in [9.17, 15) is 4.79 Å². The summed E-state index contributed by atoms with van der Waals surface area (Å²) >= 11 is 0. The molecule has 0 spiro atoms. The Bertz CT molecular complexity index is 754. The molecule has 142 valence electrons. The van der Waals surface area contributed by atoms with Crippen molar-refractivity contribution in [3.63, 3.8) is 0 Å². The molecule has 2 aliphatic rings. The summed E-state index contributed by atoms with van der Waals surface area (Å²) in [7, 11) is 0. The van der Waals surface area contributed by atoms with E-state index in [1.54, 1.807) is 13.1 Å². The number of aromatic nitrogens is 2. The molecule has 4 rings (SSSR count). The normalized spacial score (nSPS) is 21.5. The Kier molecular flexibility index (Phi) is 5.48. The molecule has 2 saturated heterocycles. The molecule has 0 saturated carbocycles. The van der Waals surface area contributed by atoms with Gasteiger partial charge >= 0.3 is 0 Å². The lowest BCUT2D eigenvalue weighted by atomic mass is 9.83. The second-order valence-corrected chi connectivity index (χ2v) is 7.93. The molecule has 4 heterocycles. The summed E-state index contributed by atoms with van der Waals surface area (Å²) in [6, 6.07) is 8.08. The standard InChI is InChI=1S/C22H28N4O/c1-17(27)20-4-5-22(24-14-20)26-12-8-21(16-26)19-6-10-25(11-7-19)15-18-3-2-9-23-13-18/h2-5,9,13-14,19,21H,6-8,10-12,15-16H2,1H3. The van der Waals surface area contributed by atoms with Crippen LogP contribution in [0.3, 0.4) is 0 Å². The molecule has 2 aromatic rings. The first-order valence-electron chi connectivity index (χ1n) is 10.0. The van der Waals surface area contributed by atoms with Gasteiger partial charge in [-0.15, -0.1) is 0 Å². The maximum Gasteiger partial charge on any atom is 0.161 e. The molecule has 2 fully saturated rings. The van der Waals surface area contributed by atoms with Crippen LogP contribution >= 0.6 is 0 Å². The van der Waals surface area contributed by atoms with Crippen molar-refractivity contribution in [1.82, 2.24) is 14.9 Å². The fourth-order valence-electron chi connectivity index (χ4n) is 4.49. The minimum absolute atomic E-state index is 0.0754. The summed E-state index contributed by atoms with van der Waals surface area (Å²) in [4.78, 5) is 25.1. The van der Waals surface area contributed by atoms with Crippen molar-refractivity contribution in [3.05, 3.63) is 54.0 Å². The summed E-state index contributed by atoms with van der Waals surface area (Å²) in [5.41, 5.74) is 2.00. The number of hydrogen-bond donors (Lipinski definition) is 0. The molecule has 0 aromatic carbocycles. The Balaban J connectivity index is 1.28. The number of carbonyl (C=O) groups excluding carboxylic acids is 1. The summed E-state index contributed by atoms with van der Waals surface area (Å²) in [6.07, 6.45) is 9.35. The highest BCUT2D eigenvalue weighted by Crippen LogP contribution is 2.33. The number of pyridine rings is 2. The zero-order valence-corrected chi connectivity index (χ0v) is 16.1. The Labute approximate surface area is 161 Å². The lowest BCUT2D eigenvalue weighted by Crippen LogP contribution is -2.36. The van der Waals surface area contributed by atoms with Crippen molar-refractivity contribution < 1.29 is 4.79 Å². The molecule has 2 aromatic heterocycles. The van der Waals surface area contributed by atoms with Crippen LogP contribution in [0.2, 0.25) is 0 Å². The number of ketones is 1. The van der Waals surface area contributed by atoms with Crippen molar-refractivity contribution in [1.29, 1.82) is 0 Å². The lowest BCUT2D eigenvalue weighted by molar-refractivity contribution is 0.101. The lowest BCUT2D eigenvalue weighted by Gasteiger charge is -2.34. The van der Waals surface area contributed by atoms with Crippen LogP contribution in [0.1, 0.15) is 42.1 Å². The van der Waals surface area contributed by atoms with Gasteiger partial charge in [-0.2, -0.15) is 0 Å². The third-order valence-corrected chi connectivity index (χ3v) is 6.13.